The third-order valence-electron chi connectivity index (χ3n) is 3.72. The second-order valence-corrected chi connectivity index (χ2v) is 5.51. The third-order valence-corrected chi connectivity index (χ3v) is 3.72. The smallest absolute Gasteiger partial charge is 0.257 e. The highest BCUT2D eigenvalue weighted by Crippen LogP contribution is 2.21. The fraction of sp³-hybridized carbons (Fsp3) is 0.0500. The largest absolute Gasteiger partial charge is 0.353 e. The number of pyridine rings is 1. The van der Waals surface area contributed by atoms with E-state index < -0.39 is 0 Å². The molecule has 5 nitrogen and oxygen atoms in total. The number of amides is 1. The van der Waals surface area contributed by atoms with Gasteiger partial charge in [0, 0.05) is 11.9 Å². The molecule has 1 aromatic heterocycles. The third kappa shape index (κ3) is 3.82. The molecule has 0 aliphatic carbocycles. The second kappa shape index (κ2) is 7.28. The normalized spacial score (nSPS) is 9.92. The van der Waals surface area contributed by atoms with Gasteiger partial charge in [0.25, 0.3) is 5.91 Å². The van der Waals surface area contributed by atoms with E-state index in [-0.39, 0.29) is 5.91 Å². The molecular formula is C20H16N4O. The van der Waals surface area contributed by atoms with Crippen LogP contribution in [-0.4, -0.2) is 10.9 Å². The van der Waals surface area contributed by atoms with Crippen LogP contribution in [0.2, 0.25) is 0 Å². The molecule has 25 heavy (non-hydrogen) atoms. The Morgan fingerprint density at radius 2 is 1.76 bits per heavy atom. The van der Waals surface area contributed by atoms with Gasteiger partial charge in [-0.1, -0.05) is 30.3 Å². The highest BCUT2D eigenvalue weighted by Gasteiger charge is 2.09. The first kappa shape index (κ1) is 16.2. The Hall–Kier alpha value is -3.65. The molecule has 0 spiro atoms. The molecule has 0 aliphatic heterocycles. The molecule has 3 rings (SSSR count). The Labute approximate surface area is 146 Å². The summed E-state index contributed by atoms with van der Waals surface area (Å²) in [4.78, 5) is 16.6. The molecule has 0 saturated carbocycles. The number of anilines is 3. The van der Waals surface area contributed by atoms with E-state index in [4.69, 9.17) is 5.26 Å². The number of nitriles is 1. The molecule has 1 amide bonds. The van der Waals surface area contributed by atoms with Crippen LogP contribution < -0.4 is 10.6 Å². The van der Waals surface area contributed by atoms with Crippen molar-refractivity contribution in [2.24, 2.45) is 0 Å². The van der Waals surface area contributed by atoms with Crippen molar-refractivity contribution in [3.05, 3.63) is 83.7 Å². The summed E-state index contributed by atoms with van der Waals surface area (Å²) in [6.07, 6.45) is 3.12. The standard InChI is InChI=1S/C20H16N4O/c1-14-6-2-4-8-18(14)24-20(25)16-10-17(13-22-12-16)23-19-9-5-3-7-15(19)11-21/h2-10,12-13,23H,1H3,(H,24,25). The number of hydrogen-bond acceptors (Lipinski definition) is 4. The summed E-state index contributed by atoms with van der Waals surface area (Å²) in [5.74, 6) is -0.237. The van der Waals surface area contributed by atoms with Crippen molar-refractivity contribution in [2.75, 3.05) is 10.6 Å². The van der Waals surface area contributed by atoms with Gasteiger partial charge in [-0.2, -0.15) is 5.26 Å². The maximum absolute atomic E-state index is 12.5. The number of hydrogen-bond donors (Lipinski definition) is 2. The van der Waals surface area contributed by atoms with Crippen LogP contribution >= 0.6 is 0 Å². The van der Waals surface area contributed by atoms with Crippen LogP contribution in [0.15, 0.2) is 67.0 Å². The topological polar surface area (TPSA) is 77.8 Å². The van der Waals surface area contributed by atoms with Gasteiger partial charge in [-0.3, -0.25) is 9.78 Å². The van der Waals surface area contributed by atoms with E-state index in [9.17, 15) is 4.79 Å². The minimum atomic E-state index is -0.237. The Bertz CT molecular complexity index is 960. The van der Waals surface area contributed by atoms with Gasteiger partial charge in [0.2, 0.25) is 0 Å². The molecule has 0 radical (unpaired) electrons. The number of benzene rings is 2. The Kier molecular flexibility index (Phi) is 4.72. The average Bonchev–Trinajstić information content (AvgIpc) is 2.64. The molecule has 0 saturated heterocycles. The first-order chi connectivity index (χ1) is 12.2. The maximum atomic E-state index is 12.5. The predicted octanol–water partition coefficient (Wildman–Crippen LogP) is 4.26. The van der Waals surface area contributed by atoms with Crippen LogP contribution in [0.3, 0.4) is 0 Å². The lowest BCUT2D eigenvalue weighted by molar-refractivity contribution is 0.102. The predicted molar refractivity (Wildman–Crippen MR) is 97.8 cm³/mol. The van der Waals surface area contributed by atoms with Crippen LogP contribution in [0.25, 0.3) is 0 Å². The number of nitrogens with zero attached hydrogens (tertiary/aromatic N) is 2. The second-order valence-electron chi connectivity index (χ2n) is 5.51. The number of carbonyl (C=O) groups is 1. The van der Waals surface area contributed by atoms with Crippen molar-refractivity contribution in [3.63, 3.8) is 0 Å². The van der Waals surface area contributed by atoms with Crippen molar-refractivity contribution >= 4 is 23.0 Å². The molecule has 0 bridgehead atoms. The summed E-state index contributed by atoms with van der Waals surface area (Å²) in [6.45, 7) is 1.94. The monoisotopic (exact) mass is 328 g/mol. The highest BCUT2D eigenvalue weighted by molar-refractivity contribution is 6.05. The molecule has 5 heteroatoms. The van der Waals surface area contributed by atoms with Crippen molar-refractivity contribution in [3.8, 4) is 6.07 Å². The van der Waals surface area contributed by atoms with E-state index in [1.54, 1.807) is 30.5 Å². The average molecular weight is 328 g/mol. The number of aromatic nitrogens is 1. The zero-order valence-corrected chi connectivity index (χ0v) is 13.7. The minimum absolute atomic E-state index is 0.237. The molecule has 3 aromatic rings. The number of para-hydroxylation sites is 2. The summed E-state index contributed by atoms with van der Waals surface area (Å²) in [6, 6.07) is 18.6. The van der Waals surface area contributed by atoms with Gasteiger partial charge < -0.3 is 10.6 Å². The van der Waals surface area contributed by atoms with Crippen LogP contribution in [-0.2, 0) is 0 Å². The van der Waals surface area contributed by atoms with Gasteiger partial charge in [0.1, 0.15) is 6.07 Å². The summed E-state index contributed by atoms with van der Waals surface area (Å²) < 4.78 is 0. The van der Waals surface area contributed by atoms with Crippen LogP contribution in [0, 0.1) is 18.3 Å². The van der Waals surface area contributed by atoms with Crippen molar-refractivity contribution < 1.29 is 4.79 Å². The molecule has 2 N–H and O–H groups in total. The van der Waals surface area contributed by atoms with Crippen LogP contribution in [0.4, 0.5) is 17.1 Å². The number of nitrogens with one attached hydrogen (secondary N) is 2. The molecular weight excluding hydrogens is 312 g/mol. The Balaban J connectivity index is 1.81. The number of rotatable bonds is 4. The molecule has 1 heterocycles. The SMILES string of the molecule is Cc1ccccc1NC(=O)c1cncc(Nc2ccccc2C#N)c1. The van der Waals surface area contributed by atoms with Gasteiger partial charge in [0.15, 0.2) is 0 Å². The summed E-state index contributed by atoms with van der Waals surface area (Å²) in [5.41, 5.74) is 4.02. The number of aryl methyl sites for hydroxylation is 1. The molecule has 2 aromatic carbocycles. The van der Waals surface area contributed by atoms with E-state index in [2.05, 4.69) is 21.7 Å². The quantitative estimate of drug-likeness (QED) is 0.750. The molecule has 0 fully saturated rings. The minimum Gasteiger partial charge on any atom is -0.353 e. The van der Waals surface area contributed by atoms with Gasteiger partial charge >= 0.3 is 0 Å². The Morgan fingerprint density at radius 3 is 2.52 bits per heavy atom. The lowest BCUT2D eigenvalue weighted by atomic mass is 10.1. The Morgan fingerprint density at radius 1 is 1.04 bits per heavy atom. The zero-order chi connectivity index (χ0) is 17.6. The first-order valence-corrected chi connectivity index (χ1v) is 7.75. The van der Waals surface area contributed by atoms with E-state index in [1.807, 2.05) is 37.3 Å². The lowest BCUT2D eigenvalue weighted by Crippen LogP contribution is -2.13. The highest BCUT2D eigenvalue weighted by atomic mass is 16.1. The first-order valence-electron chi connectivity index (χ1n) is 7.75. The summed E-state index contributed by atoms with van der Waals surface area (Å²) >= 11 is 0. The van der Waals surface area contributed by atoms with Gasteiger partial charge in [0.05, 0.1) is 28.7 Å². The fourth-order valence-electron chi connectivity index (χ4n) is 2.39. The van der Waals surface area contributed by atoms with Crippen LogP contribution in [0.1, 0.15) is 21.5 Å². The van der Waals surface area contributed by atoms with E-state index >= 15 is 0 Å². The van der Waals surface area contributed by atoms with Gasteiger partial charge in [-0.25, -0.2) is 0 Å². The fourth-order valence-corrected chi connectivity index (χ4v) is 2.39. The van der Waals surface area contributed by atoms with E-state index in [0.717, 1.165) is 11.3 Å². The van der Waals surface area contributed by atoms with Crippen molar-refractivity contribution in [1.29, 1.82) is 5.26 Å². The van der Waals surface area contributed by atoms with E-state index in [1.165, 1.54) is 6.20 Å². The molecule has 0 aliphatic rings. The summed E-state index contributed by atoms with van der Waals surface area (Å²) in [5, 5.41) is 15.2. The lowest BCUT2D eigenvalue weighted by Gasteiger charge is -2.10. The maximum Gasteiger partial charge on any atom is 0.257 e. The zero-order valence-electron chi connectivity index (χ0n) is 13.7. The van der Waals surface area contributed by atoms with Gasteiger partial charge in [-0.15, -0.1) is 0 Å². The summed E-state index contributed by atoms with van der Waals surface area (Å²) in [7, 11) is 0. The van der Waals surface area contributed by atoms with Crippen molar-refractivity contribution in [1.82, 2.24) is 4.98 Å². The van der Waals surface area contributed by atoms with Crippen LogP contribution in [0.5, 0.6) is 0 Å². The molecule has 0 atom stereocenters. The van der Waals surface area contributed by atoms with Gasteiger partial charge in [-0.05, 0) is 36.8 Å². The van der Waals surface area contributed by atoms with Crippen molar-refractivity contribution in [2.45, 2.75) is 6.92 Å². The van der Waals surface area contributed by atoms with E-state index in [0.29, 0.717) is 22.5 Å². The molecule has 122 valence electrons. The number of carbonyl (C=O) groups excluding carboxylic acids is 1. The molecule has 0 unspecified atom stereocenters.